The molecule has 10 heteroatoms. The van der Waals surface area contributed by atoms with Crippen LogP contribution in [0.2, 0.25) is 0 Å². The molecule has 23 heavy (non-hydrogen) atoms. The summed E-state index contributed by atoms with van der Waals surface area (Å²) < 4.78 is 41.7. The first-order valence-electron chi connectivity index (χ1n) is 7.22. The van der Waals surface area contributed by atoms with Crippen molar-refractivity contribution in [3.8, 4) is 0 Å². The maximum atomic E-state index is 12.2. The van der Waals surface area contributed by atoms with Crippen LogP contribution in [0.3, 0.4) is 0 Å². The molecular formula is C13H23F3N4O3. The van der Waals surface area contributed by atoms with Gasteiger partial charge in [0, 0.05) is 26.2 Å². The minimum Gasteiger partial charge on any atom is -0.444 e. The van der Waals surface area contributed by atoms with Gasteiger partial charge in [0.05, 0.1) is 6.04 Å². The van der Waals surface area contributed by atoms with Crippen molar-refractivity contribution in [3.05, 3.63) is 0 Å². The lowest BCUT2D eigenvalue weighted by Crippen LogP contribution is -2.61. The van der Waals surface area contributed by atoms with Crippen LogP contribution in [0.4, 0.5) is 22.8 Å². The van der Waals surface area contributed by atoms with Gasteiger partial charge in [-0.05, 0) is 20.8 Å². The summed E-state index contributed by atoms with van der Waals surface area (Å²) >= 11 is 0. The van der Waals surface area contributed by atoms with Gasteiger partial charge in [-0.1, -0.05) is 0 Å². The maximum Gasteiger partial charge on any atom is 0.410 e. The van der Waals surface area contributed by atoms with E-state index >= 15 is 0 Å². The molecular weight excluding hydrogens is 317 g/mol. The first-order chi connectivity index (χ1) is 10.4. The van der Waals surface area contributed by atoms with E-state index in [0.29, 0.717) is 0 Å². The van der Waals surface area contributed by atoms with Crippen molar-refractivity contribution in [1.29, 1.82) is 0 Å². The van der Waals surface area contributed by atoms with E-state index in [2.05, 4.69) is 0 Å². The molecule has 1 aliphatic rings. The van der Waals surface area contributed by atoms with Gasteiger partial charge in [-0.2, -0.15) is 13.2 Å². The van der Waals surface area contributed by atoms with Gasteiger partial charge < -0.3 is 25.6 Å². The molecule has 7 nitrogen and oxygen atoms in total. The fourth-order valence-electron chi connectivity index (χ4n) is 2.09. The predicted octanol–water partition coefficient (Wildman–Crippen LogP) is 1.14. The molecule has 0 aliphatic carbocycles. The van der Waals surface area contributed by atoms with Crippen molar-refractivity contribution >= 4 is 12.1 Å². The third-order valence-electron chi connectivity index (χ3n) is 3.11. The van der Waals surface area contributed by atoms with Crippen LogP contribution < -0.4 is 11.1 Å². The number of halogens is 3. The number of carbonyl (C=O) groups is 2. The minimum atomic E-state index is -4.48. The summed E-state index contributed by atoms with van der Waals surface area (Å²) in [6.45, 7) is 4.18. The van der Waals surface area contributed by atoms with Crippen LogP contribution in [0.15, 0.2) is 0 Å². The molecule has 1 rings (SSSR count). The summed E-state index contributed by atoms with van der Waals surface area (Å²) in [5.41, 5.74) is 4.92. The van der Waals surface area contributed by atoms with E-state index in [1.54, 1.807) is 20.8 Å². The fraction of sp³-hybridized carbons (Fsp3) is 0.846. The first-order valence-corrected chi connectivity index (χ1v) is 7.22. The average molecular weight is 340 g/mol. The second-order valence-corrected chi connectivity index (χ2v) is 6.28. The number of carbonyl (C=O) groups excluding carboxylic acids is 2. The topological polar surface area (TPSA) is 87.9 Å². The Morgan fingerprint density at radius 1 is 1.26 bits per heavy atom. The van der Waals surface area contributed by atoms with Crippen LogP contribution in [-0.4, -0.2) is 72.5 Å². The number of nitrogens with one attached hydrogen (secondary N) is 1. The number of alkyl halides is 3. The van der Waals surface area contributed by atoms with Crippen molar-refractivity contribution in [2.45, 2.75) is 38.6 Å². The Balaban J connectivity index is 2.62. The number of nitrogens with zero attached hydrogens (tertiary/aromatic N) is 2. The Morgan fingerprint density at radius 2 is 1.87 bits per heavy atom. The summed E-state index contributed by atoms with van der Waals surface area (Å²) in [6.07, 6.45) is -5.02. The van der Waals surface area contributed by atoms with Gasteiger partial charge in [-0.25, -0.2) is 9.59 Å². The Bertz CT molecular complexity index is 437. The summed E-state index contributed by atoms with van der Waals surface area (Å²) in [5, 5.41) is 1.81. The predicted molar refractivity (Wildman–Crippen MR) is 76.8 cm³/mol. The summed E-state index contributed by atoms with van der Waals surface area (Å²) in [4.78, 5) is 26.5. The second kappa shape index (κ2) is 7.24. The minimum absolute atomic E-state index is 0.0265. The highest BCUT2D eigenvalue weighted by atomic mass is 19.4. The molecule has 0 saturated carbocycles. The Kier molecular flexibility index (Phi) is 6.09. The number of piperazine rings is 1. The number of urea groups is 1. The van der Waals surface area contributed by atoms with Gasteiger partial charge in [0.25, 0.3) is 0 Å². The lowest BCUT2D eigenvalue weighted by atomic mass is 10.1. The first kappa shape index (κ1) is 19.3. The van der Waals surface area contributed by atoms with Crippen LogP contribution in [0.25, 0.3) is 0 Å². The van der Waals surface area contributed by atoms with Gasteiger partial charge in [0.1, 0.15) is 12.1 Å². The number of amides is 3. The van der Waals surface area contributed by atoms with Gasteiger partial charge in [0.15, 0.2) is 0 Å². The number of nitrogens with two attached hydrogens (primary N) is 1. The lowest BCUT2D eigenvalue weighted by Gasteiger charge is -2.41. The SMILES string of the molecule is CC(C)(C)OC(=O)N1CCN(C(=O)NCC(F)(F)F)C(CN)C1. The standard InChI is InChI=1S/C13H23F3N4O3/c1-12(2,3)23-11(22)19-4-5-20(9(6-17)7-19)10(21)18-8-13(14,15)16/h9H,4-8,17H2,1-3H3,(H,18,21). The summed E-state index contributed by atoms with van der Waals surface area (Å²) in [5.74, 6) is 0. The smallest absolute Gasteiger partial charge is 0.410 e. The molecule has 1 saturated heterocycles. The van der Waals surface area contributed by atoms with E-state index in [9.17, 15) is 22.8 Å². The van der Waals surface area contributed by atoms with E-state index in [0.717, 1.165) is 0 Å². The van der Waals surface area contributed by atoms with Crippen LogP contribution in [-0.2, 0) is 4.74 Å². The molecule has 1 aliphatic heterocycles. The van der Waals surface area contributed by atoms with Gasteiger partial charge >= 0.3 is 18.3 Å². The van der Waals surface area contributed by atoms with E-state index in [4.69, 9.17) is 10.5 Å². The molecule has 134 valence electrons. The van der Waals surface area contributed by atoms with Crippen molar-refractivity contribution in [3.63, 3.8) is 0 Å². The molecule has 1 heterocycles. The number of ether oxygens (including phenoxy) is 1. The van der Waals surface area contributed by atoms with Crippen LogP contribution >= 0.6 is 0 Å². The average Bonchev–Trinajstić information content (AvgIpc) is 2.41. The van der Waals surface area contributed by atoms with E-state index < -0.39 is 36.5 Å². The van der Waals surface area contributed by atoms with Gasteiger partial charge in [0.2, 0.25) is 0 Å². The van der Waals surface area contributed by atoms with E-state index in [1.807, 2.05) is 5.32 Å². The number of hydrogen-bond donors (Lipinski definition) is 2. The monoisotopic (exact) mass is 340 g/mol. The summed E-state index contributed by atoms with van der Waals surface area (Å²) in [6, 6.07) is -1.41. The molecule has 0 aromatic rings. The zero-order valence-electron chi connectivity index (χ0n) is 13.4. The van der Waals surface area contributed by atoms with Crippen molar-refractivity contribution in [1.82, 2.24) is 15.1 Å². The van der Waals surface area contributed by atoms with Crippen molar-refractivity contribution in [2.75, 3.05) is 32.7 Å². The van der Waals surface area contributed by atoms with Crippen molar-refractivity contribution < 1.29 is 27.5 Å². The Morgan fingerprint density at radius 3 is 2.35 bits per heavy atom. The lowest BCUT2D eigenvalue weighted by molar-refractivity contribution is -0.123. The number of hydrogen-bond acceptors (Lipinski definition) is 4. The van der Waals surface area contributed by atoms with Crippen LogP contribution in [0, 0.1) is 0 Å². The molecule has 0 spiro atoms. The largest absolute Gasteiger partial charge is 0.444 e. The normalized spacial score (nSPS) is 19.5. The highest BCUT2D eigenvalue weighted by Crippen LogP contribution is 2.16. The molecule has 0 bridgehead atoms. The van der Waals surface area contributed by atoms with E-state index in [-0.39, 0.29) is 26.2 Å². The van der Waals surface area contributed by atoms with Crippen LogP contribution in [0.1, 0.15) is 20.8 Å². The Hall–Kier alpha value is -1.71. The Labute approximate surface area is 132 Å². The molecule has 0 aromatic carbocycles. The highest BCUT2D eigenvalue weighted by Gasteiger charge is 2.35. The third-order valence-corrected chi connectivity index (χ3v) is 3.11. The second-order valence-electron chi connectivity index (χ2n) is 6.28. The zero-order chi connectivity index (χ0) is 17.8. The van der Waals surface area contributed by atoms with Crippen molar-refractivity contribution in [2.24, 2.45) is 5.73 Å². The van der Waals surface area contributed by atoms with Gasteiger partial charge in [-0.3, -0.25) is 0 Å². The summed E-state index contributed by atoms with van der Waals surface area (Å²) in [7, 11) is 0. The molecule has 0 aromatic heterocycles. The molecule has 0 radical (unpaired) electrons. The van der Waals surface area contributed by atoms with E-state index in [1.165, 1.54) is 9.80 Å². The fourth-order valence-corrected chi connectivity index (χ4v) is 2.09. The third kappa shape index (κ3) is 6.51. The quantitative estimate of drug-likeness (QED) is 0.789. The maximum absolute atomic E-state index is 12.2. The van der Waals surface area contributed by atoms with Crippen LogP contribution in [0.5, 0.6) is 0 Å². The molecule has 3 amide bonds. The molecule has 1 fully saturated rings. The molecule has 3 N–H and O–H groups in total. The molecule has 1 unspecified atom stereocenters. The van der Waals surface area contributed by atoms with Gasteiger partial charge in [-0.15, -0.1) is 0 Å². The zero-order valence-corrected chi connectivity index (χ0v) is 13.4. The number of rotatable bonds is 2. The highest BCUT2D eigenvalue weighted by molar-refractivity contribution is 5.75. The molecule has 1 atom stereocenters.